The van der Waals surface area contributed by atoms with Crippen molar-refractivity contribution in [2.24, 2.45) is 0 Å². The summed E-state index contributed by atoms with van der Waals surface area (Å²) in [5.41, 5.74) is 0.613. The van der Waals surface area contributed by atoms with E-state index in [2.05, 4.69) is 5.32 Å². The first-order valence-corrected chi connectivity index (χ1v) is 11.4. The van der Waals surface area contributed by atoms with Gasteiger partial charge in [-0.3, -0.25) is 13.9 Å². The lowest BCUT2D eigenvalue weighted by Crippen LogP contribution is -2.38. The summed E-state index contributed by atoms with van der Waals surface area (Å²) in [6.45, 7) is 4.13. The maximum absolute atomic E-state index is 13.4. The Bertz CT molecular complexity index is 1040. The molecule has 0 unspecified atom stereocenters. The molecule has 0 saturated carbocycles. The summed E-state index contributed by atoms with van der Waals surface area (Å²) in [6.07, 6.45) is 0.926. The van der Waals surface area contributed by atoms with E-state index in [1.165, 1.54) is 6.07 Å². The molecule has 7 nitrogen and oxygen atoms in total. The third-order valence-electron chi connectivity index (χ3n) is 4.36. The largest absolute Gasteiger partial charge is 0.339 e. The van der Waals surface area contributed by atoms with E-state index in [1.807, 2.05) is 13.8 Å². The van der Waals surface area contributed by atoms with Gasteiger partial charge in [0.05, 0.1) is 28.2 Å². The molecule has 30 heavy (non-hydrogen) atoms. The highest BCUT2D eigenvalue weighted by Crippen LogP contribution is 2.25. The van der Waals surface area contributed by atoms with E-state index in [0.717, 1.165) is 22.7 Å². The Morgan fingerprint density at radius 3 is 2.30 bits per heavy atom. The summed E-state index contributed by atoms with van der Waals surface area (Å²) >= 11 is 5.75. The van der Waals surface area contributed by atoms with Gasteiger partial charge in [0.15, 0.2) is 0 Å². The predicted molar refractivity (Wildman–Crippen MR) is 116 cm³/mol. The van der Waals surface area contributed by atoms with Crippen molar-refractivity contribution >= 4 is 44.8 Å². The average molecular weight is 456 g/mol. The van der Waals surface area contributed by atoms with E-state index in [0.29, 0.717) is 18.7 Å². The standard InChI is InChI=1S/C20H23ClFN3O4S/c1-4-24(5-2)20(27)15-8-6-7-9-18(15)23-19(26)13-25(30(3,28)29)14-10-11-17(22)16(21)12-14/h6-12H,4-5,13H2,1-3H3,(H,23,26). The van der Waals surface area contributed by atoms with Gasteiger partial charge in [0.2, 0.25) is 15.9 Å². The number of carbonyl (C=O) groups excluding carboxylic acids is 2. The van der Waals surface area contributed by atoms with E-state index in [1.54, 1.807) is 29.2 Å². The maximum Gasteiger partial charge on any atom is 0.255 e. The molecule has 2 aromatic carbocycles. The van der Waals surface area contributed by atoms with Crippen molar-refractivity contribution in [1.82, 2.24) is 4.90 Å². The molecule has 0 bridgehead atoms. The summed E-state index contributed by atoms with van der Waals surface area (Å²) < 4.78 is 38.7. The summed E-state index contributed by atoms with van der Waals surface area (Å²) in [7, 11) is -3.87. The van der Waals surface area contributed by atoms with E-state index < -0.39 is 28.3 Å². The van der Waals surface area contributed by atoms with Gasteiger partial charge in [-0.05, 0) is 44.2 Å². The van der Waals surface area contributed by atoms with Crippen LogP contribution in [0.4, 0.5) is 15.8 Å². The minimum absolute atomic E-state index is 0.0477. The molecule has 0 aliphatic rings. The second-order valence-electron chi connectivity index (χ2n) is 6.44. The number of benzene rings is 2. The van der Waals surface area contributed by atoms with Crippen molar-refractivity contribution in [3.8, 4) is 0 Å². The van der Waals surface area contributed by atoms with Gasteiger partial charge in [0.1, 0.15) is 12.4 Å². The Morgan fingerprint density at radius 1 is 1.10 bits per heavy atom. The van der Waals surface area contributed by atoms with Gasteiger partial charge in [-0.15, -0.1) is 0 Å². The molecular formula is C20H23ClFN3O4S. The van der Waals surface area contributed by atoms with Crippen molar-refractivity contribution in [3.05, 3.63) is 58.9 Å². The Kier molecular flexibility index (Phi) is 7.80. The minimum Gasteiger partial charge on any atom is -0.339 e. The van der Waals surface area contributed by atoms with Crippen LogP contribution in [0.15, 0.2) is 42.5 Å². The van der Waals surface area contributed by atoms with Crippen molar-refractivity contribution in [3.63, 3.8) is 0 Å². The monoisotopic (exact) mass is 455 g/mol. The highest BCUT2D eigenvalue weighted by Gasteiger charge is 2.23. The Balaban J connectivity index is 2.29. The first-order chi connectivity index (χ1) is 14.1. The van der Waals surface area contributed by atoms with Gasteiger partial charge in [0, 0.05) is 13.1 Å². The molecule has 0 spiro atoms. The van der Waals surface area contributed by atoms with Gasteiger partial charge < -0.3 is 10.2 Å². The normalized spacial score (nSPS) is 11.1. The number of carbonyl (C=O) groups is 2. The lowest BCUT2D eigenvalue weighted by Gasteiger charge is -2.23. The lowest BCUT2D eigenvalue weighted by molar-refractivity contribution is -0.114. The fourth-order valence-electron chi connectivity index (χ4n) is 2.82. The van der Waals surface area contributed by atoms with Crippen LogP contribution in [0.25, 0.3) is 0 Å². The van der Waals surface area contributed by atoms with Crippen molar-refractivity contribution in [2.45, 2.75) is 13.8 Å². The van der Waals surface area contributed by atoms with Crippen molar-refractivity contribution in [2.75, 3.05) is 35.5 Å². The highest BCUT2D eigenvalue weighted by atomic mass is 35.5. The van der Waals surface area contributed by atoms with Gasteiger partial charge in [0.25, 0.3) is 5.91 Å². The van der Waals surface area contributed by atoms with E-state index in [-0.39, 0.29) is 22.3 Å². The summed E-state index contributed by atoms with van der Waals surface area (Å²) in [5, 5.41) is 2.33. The third kappa shape index (κ3) is 5.70. The van der Waals surface area contributed by atoms with Crippen LogP contribution in [0.3, 0.4) is 0 Å². The van der Waals surface area contributed by atoms with Gasteiger partial charge in [-0.1, -0.05) is 23.7 Å². The Hall–Kier alpha value is -2.65. The van der Waals surface area contributed by atoms with Crippen LogP contribution in [-0.2, 0) is 14.8 Å². The quantitative estimate of drug-likeness (QED) is 0.661. The zero-order chi connectivity index (χ0) is 22.5. The fourth-order valence-corrected chi connectivity index (χ4v) is 3.84. The third-order valence-corrected chi connectivity index (χ3v) is 5.79. The second kappa shape index (κ2) is 9.90. The molecule has 2 aromatic rings. The molecular weight excluding hydrogens is 433 g/mol. The number of nitrogens with zero attached hydrogens (tertiary/aromatic N) is 2. The molecule has 0 atom stereocenters. The van der Waals surface area contributed by atoms with Gasteiger partial charge >= 0.3 is 0 Å². The first-order valence-electron chi connectivity index (χ1n) is 9.19. The van der Waals surface area contributed by atoms with E-state index >= 15 is 0 Å². The lowest BCUT2D eigenvalue weighted by atomic mass is 10.1. The molecule has 0 fully saturated rings. The summed E-state index contributed by atoms with van der Waals surface area (Å²) in [4.78, 5) is 26.9. The number of hydrogen-bond donors (Lipinski definition) is 1. The van der Waals surface area contributed by atoms with Crippen LogP contribution in [0.1, 0.15) is 24.2 Å². The number of rotatable bonds is 8. The van der Waals surface area contributed by atoms with Gasteiger partial charge in [-0.25, -0.2) is 12.8 Å². The predicted octanol–water partition coefficient (Wildman–Crippen LogP) is 3.37. The maximum atomic E-state index is 13.4. The fraction of sp³-hybridized carbons (Fsp3) is 0.300. The number of para-hydroxylation sites is 1. The minimum atomic E-state index is -3.87. The highest BCUT2D eigenvalue weighted by molar-refractivity contribution is 7.92. The number of hydrogen-bond acceptors (Lipinski definition) is 4. The number of nitrogens with one attached hydrogen (secondary N) is 1. The SMILES string of the molecule is CCN(CC)C(=O)c1ccccc1NC(=O)CN(c1ccc(F)c(Cl)c1)S(C)(=O)=O. The molecule has 2 amide bonds. The molecule has 0 aliphatic heterocycles. The first kappa shape index (κ1) is 23.6. The molecule has 0 aliphatic carbocycles. The molecule has 162 valence electrons. The van der Waals surface area contributed by atoms with Crippen LogP contribution in [0.5, 0.6) is 0 Å². The molecule has 10 heteroatoms. The topological polar surface area (TPSA) is 86.8 Å². The number of amides is 2. The molecule has 2 rings (SSSR count). The molecule has 0 radical (unpaired) electrons. The van der Waals surface area contributed by atoms with Crippen molar-refractivity contribution in [1.29, 1.82) is 0 Å². The zero-order valence-electron chi connectivity index (χ0n) is 16.9. The number of anilines is 2. The summed E-state index contributed by atoms with van der Waals surface area (Å²) in [6, 6.07) is 9.85. The second-order valence-corrected chi connectivity index (χ2v) is 8.75. The molecule has 0 heterocycles. The molecule has 0 aromatic heterocycles. The Labute approximate surface area is 180 Å². The van der Waals surface area contributed by atoms with Crippen LogP contribution in [0, 0.1) is 5.82 Å². The number of sulfonamides is 1. The van der Waals surface area contributed by atoms with Crippen LogP contribution >= 0.6 is 11.6 Å². The van der Waals surface area contributed by atoms with E-state index in [4.69, 9.17) is 11.6 Å². The summed E-state index contributed by atoms with van der Waals surface area (Å²) in [5.74, 6) is -1.62. The molecule has 0 saturated heterocycles. The van der Waals surface area contributed by atoms with Gasteiger partial charge in [-0.2, -0.15) is 0 Å². The number of halogens is 2. The van der Waals surface area contributed by atoms with Crippen molar-refractivity contribution < 1.29 is 22.4 Å². The molecule has 1 N–H and O–H groups in total. The Morgan fingerprint density at radius 2 is 1.73 bits per heavy atom. The van der Waals surface area contributed by atoms with E-state index in [9.17, 15) is 22.4 Å². The average Bonchev–Trinajstić information content (AvgIpc) is 2.69. The van der Waals surface area contributed by atoms with Crippen LogP contribution in [-0.4, -0.2) is 51.0 Å². The van der Waals surface area contributed by atoms with Crippen LogP contribution < -0.4 is 9.62 Å². The smallest absolute Gasteiger partial charge is 0.255 e. The zero-order valence-corrected chi connectivity index (χ0v) is 18.4. The van der Waals surface area contributed by atoms with Crippen LogP contribution in [0.2, 0.25) is 5.02 Å².